The summed E-state index contributed by atoms with van der Waals surface area (Å²) in [4.78, 5) is 48.4. The van der Waals surface area contributed by atoms with Gasteiger partial charge in [0.15, 0.2) is 0 Å². The molecule has 0 saturated carbocycles. The van der Waals surface area contributed by atoms with Crippen LogP contribution >= 0.6 is 11.8 Å². The Morgan fingerprint density at radius 3 is 2.26 bits per heavy atom. The quantitative estimate of drug-likeness (QED) is 0.317. The predicted octanol–water partition coefficient (Wildman–Crippen LogP) is 3.40. The summed E-state index contributed by atoms with van der Waals surface area (Å²) >= 11 is 0.691. The number of imide groups is 1. The molecule has 1 fully saturated rings. The van der Waals surface area contributed by atoms with Crippen LogP contribution in [0.1, 0.15) is 26.3 Å². The maximum Gasteiger partial charge on any atom is 0.339 e. The van der Waals surface area contributed by atoms with Crippen molar-refractivity contribution in [3.05, 3.63) is 59.0 Å². The largest absolute Gasteiger partial charge is 0.462 e. The number of hydrogen-bond donors (Lipinski definition) is 1. The van der Waals surface area contributed by atoms with E-state index in [0.29, 0.717) is 23.0 Å². The second-order valence-electron chi connectivity index (χ2n) is 7.62. The fourth-order valence-electron chi connectivity index (χ4n) is 2.92. The van der Waals surface area contributed by atoms with Crippen molar-refractivity contribution in [1.82, 2.24) is 4.90 Å². The lowest BCUT2D eigenvalue weighted by Crippen LogP contribution is -2.35. The first kappa shape index (κ1) is 26.0. The number of thioether (sulfide) groups is 1. The number of nitrogens with one attached hydrogen (secondary N) is 1. The van der Waals surface area contributed by atoms with E-state index >= 15 is 0 Å². The Bertz CT molecular complexity index is 1280. The number of esters is 1. The van der Waals surface area contributed by atoms with Crippen LogP contribution in [0.15, 0.2) is 58.3 Å². The molecule has 0 spiro atoms. The molecule has 1 saturated heterocycles. The van der Waals surface area contributed by atoms with E-state index in [-0.39, 0.29) is 27.6 Å². The van der Waals surface area contributed by atoms with E-state index in [1.807, 2.05) is 0 Å². The molecule has 35 heavy (non-hydrogen) atoms. The van der Waals surface area contributed by atoms with Gasteiger partial charge in [-0.05, 0) is 73.6 Å². The van der Waals surface area contributed by atoms with Gasteiger partial charge in [0.05, 0.1) is 11.0 Å². The van der Waals surface area contributed by atoms with Gasteiger partial charge in [0.2, 0.25) is 5.91 Å². The summed E-state index contributed by atoms with van der Waals surface area (Å²) in [6, 6.07) is 11.3. The number of carbonyl (C=O) groups is 4. The first-order valence-electron chi connectivity index (χ1n) is 10.3. The highest BCUT2D eigenvalue weighted by molar-refractivity contribution is 8.18. The van der Waals surface area contributed by atoms with Gasteiger partial charge >= 0.3 is 16.1 Å². The van der Waals surface area contributed by atoms with Gasteiger partial charge in [-0.25, -0.2) is 0 Å². The lowest BCUT2D eigenvalue weighted by atomic mass is 10.2. The maximum atomic E-state index is 12.5. The fourth-order valence-corrected chi connectivity index (χ4v) is 4.69. The van der Waals surface area contributed by atoms with Crippen LogP contribution in [0.25, 0.3) is 6.08 Å². The smallest absolute Gasteiger partial charge is 0.339 e. The minimum atomic E-state index is -4.12. The van der Waals surface area contributed by atoms with Crippen LogP contribution in [0.3, 0.4) is 0 Å². The molecule has 0 radical (unpaired) electrons. The van der Waals surface area contributed by atoms with E-state index in [9.17, 15) is 27.6 Å². The molecule has 0 aromatic heterocycles. The minimum Gasteiger partial charge on any atom is -0.462 e. The number of hydrogen-bond acceptors (Lipinski definition) is 9. The van der Waals surface area contributed by atoms with Gasteiger partial charge in [0.1, 0.15) is 17.2 Å². The molecule has 2 aromatic rings. The highest BCUT2D eigenvalue weighted by Crippen LogP contribution is 2.32. The van der Waals surface area contributed by atoms with E-state index in [4.69, 9.17) is 8.92 Å². The van der Waals surface area contributed by atoms with Crippen LogP contribution in [0, 0.1) is 0 Å². The molecule has 0 bridgehead atoms. The van der Waals surface area contributed by atoms with Crippen LogP contribution in [0.4, 0.5) is 10.5 Å². The van der Waals surface area contributed by atoms with Crippen molar-refractivity contribution in [2.45, 2.75) is 31.8 Å². The zero-order valence-electron chi connectivity index (χ0n) is 19.0. The molecule has 0 atom stereocenters. The fraction of sp³-hybridized carbons (Fsp3) is 0.217. The molecule has 12 heteroatoms. The second kappa shape index (κ2) is 10.7. The first-order valence-corrected chi connectivity index (χ1v) is 12.5. The van der Waals surface area contributed by atoms with Crippen LogP contribution in [-0.2, 0) is 29.2 Å². The molecule has 0 aliphatic carbocycles. The number of nitrogens with zero attached hydrogens (tertiary/aromatic N) is 1. The summed E-state index contributed by atoms with van der Waals surface area (Å²) in [5.41, 5.74) is 0.965. The third kappa shape index (κ3) is 6.93. The summed E-state index contributed by atoms with van der Waals surface area (Å²) in [6.07, 6.45) is 1.09. The first-order chi connectivity index (χ1) is 16.4. The van der Waals surface area contributed by atoms with Crippen molar-refractivity contribution >= 4 is 56.7 Å². The van der Waals surface area contributed by atoms with Crippen molar-refractivity contribution in [2.24, 2.45) is 0 Å². The van der Waals surface area contributed by atoms with Gasteiger partial charge in [0, 0.05) is 12.6 Å². The van der Waals surface area contributed by atoms with Gasteiger partial charge in [-0.15, -0.1) is 0 Å². The topological polar surface area (TPSA) is 136 Å². The van der Waals surface area contributed by atoms with Gasteiger partial charge < -0.3 is 14.2 Å². The molecular formula is C23H22N2O8S2. The summed E-state index contributed by atoms with van der Waals surface area (Å²) < 4.78 is 35.2. The molecule has 1 heterocycles. The Labute approximate surface area is 206 Å². The normalized spacial score (nSPS) is 15.0. The predicted molar refractivity (Wildman–Crippen MR) is 129 cm³/mol. The molecule has 2 aromatic carbocycles. The van der Waals surface area contributed by atoms with Gasteiger partial charge in [-0.2, -0.15) is 8.42 Å². The average molecular weight is 519 g/mol. The monoisotopic (exact) mass is 518 g/mol. The molecule has 1 N–H and O–H groups in total. The Morgan fingerprint density at radius 2 is 1.69 bits per heavy atom. The van der Waals surface area contributed by atoms with Gasteiger partial charge in [0.25, 0.3) is 11.1 Å². The zero-order valence-corrected chi connectivity index (χ0v) is 20.6. The van der Waals surface area contributed by atoms with Crippen molar-refractivity contribution in [1.29, 1.82) is 0 Å². The number of amides is 3. The Kier molecular flexibility index (Phi) is 7.97. The number of carbonyl (C=O) groups excluding carboxylic acids is 4. The Morgan fingerprint density at radius 1 is 1.06 bits per heavy atom. The number of anilines is 1. The zero-order chi connectivity index (χ0) is 25.8. The lowest BCUT2D eigenvalue weighted by molar-refractivity contribution is -0.149. The molecule has 1 aliphatic heterocycles. The molecule has 10 nitrogen and oxygen atoms in total. The lowest BCUT2D eigenvalue weighted by Gasteiger charge is -2.13. The van der Waals surface area contributed by atoms with E-state index in [0.717, 1.165) is 4.90 Å². The van der Waals surface area contributed by atoms with Crippen molar-refractivity contribution in [2.75, 3.05) is 11.9 Å². The maximum absolute atomic E-state index is 12.5. The molecule has 3 amide bonds. The summed E-state index contributed by atoms with van der Waals surface area (Å²) in [5.74, 6) is -1.55. The molecule has 3 rings (SSSR count). The van der Waals surface area contributed by atoms with E-state index in [1.54, 1.807) is 13.8 Å². The number of ether oxygens (including phenoxy) is 1. The van der Waals surface area contributed by atoms with Crippen LogP contribution in [-0.4, -0.2) is 49.0 Å². The number of rotatable bonds is 8. The standard InChI is InChI=1S/C23H22N2O8S2/c1-14(2)32-21(27)13-25-22(28)20(34-23(25)29)12-16-4-8-18(9-5-16)33-35(30,31)19-10-6-17(7-11-19)24-15(3)26/h4-12,14H,13H2,1-3H3,(H,24,26)/b20-12-. The van der Waals surface area contributed by atoms with E-state index in [2.05, 4.69) is 5.32 Å². The summed E-state index contributed by atoms with van der Waals surface area (Å²) in [7, 11) is -4.12. The number of benzene rings is 2. The van der Waals surface area contributed by atoms with Crippen LogP contribution in [0.2, 0.25) is 0 Å². The molecule has 1 aliphatic rings. The third-order valence-electron chi connectivity index (χ3n) is 4.38. The summed E-state index contributed by atoms with van der Waals surface area (Å²) in [5, 5.41) is 1.96. The SMILES string of the molecule is CC(=O)Nc1ccc(S(=O)(=O)Oc2ccc(/C=C3\SC(=O)N(CC(=O)OC(C)C)C3=O)cc2)cc1. The molecule has 184 valence electrons. The van der Waals surface area contributed by atoms with Crippen LogP contribution in [0.5, 0.6) is 5.75 Å². The van der Waals surface area contributed by atoms with Crippen molar-refractivity contribution < 1.29 is 36.5 Å². The molecular weight excluding hydrogens is 496 g/mol. The van der Waals surface area contributed by atoms with Gasteiger partial charge in [-0.3, -0.25) is 24.1 Å². The third-order valence-corrected chi connectivity index (χ3v) is 6.54. The average Bonchev–Trinajstić information content (AvgIpc) is 3.01. The van der Waals surface area contributed by atoms with E-state index < -0.39 is 33.8 Å². The molecule has 0 unspecified atom stereocenters. The Balaban J connectivity index is 1.67. The van der Waals surface area contributed by atoms with Crippen molar-refractivity contribution in [3.8, 4) is 5.75 Å². The van der Waals surface area contributed by atoms with Crippen LogP contribution < -0.4 is 9.50 Å². The van der Waals surface area contributed by atoms with E-state index in [1.165, 1.54) is 61.5 Å². The summed E-state index contributed by atoms with van der Waals surface area (Å²) in [6.45, 7) is 4.19. The second-order valence-corrected chi connectivity index (χ2v) is 10.2. The Hall–Kier alpha value is -3.64. The highest BCUT2D eigenvalue weighted by Gasteiger charge is 2.36. The van der Waals surface area contributed by atoms with Gasteiger partial charge in [-0.1, -0.05) is 12.1 Å². The van der Waals surface area contributed by atoms with Crippen molar-refractivity contribution in [3.63, 3.8) is 0 Å². The highest BCUT2D eigenvalue weighted by atomic mass is 32.2. The minimum absolute atomic E-state index is 0.0395.